The number of hydrogen-bond acceptors (Lipinski definition) is 0. The Kier molecular flexibility index (Phi) is 10.2. The van der Waals surface area contributed by atoms with E-state index >= 15 is 0 Å². The molecule has 0 saturated heterocycles. The van der Waals surface area contributed by atoms with E-state index in [2.05, 4.69) is 0 Å². The Morgan fingerprint density at radius 3 is 1.20 bits per heavy atom. The zero-order chi connectivity index (χ0) is 12.0. The summed E-state index contributed by atoms with van der Waals surface area (Å²) < 4.78 is 86.4. The van der Waals surface area contributed by atoms with Crippen LogP contribution >= 0.6 is 0 Å². The number of rotatable bonds is 1. The van der Waals surface area contributed by atoms with Gasteiger partial charge in [0.15, 0.2) is 6.67 Å². The molecule has 0 spiro atoms. The smallest absolute Gasteiger partial charge is 0.250 e. The minimum absolute atomic E-state index is 0. The van der Waals surface area contributed by atoms with Crippen LogP contribution in [0.1, 0.15) is 14.4 Å². The maximum atomic E-state index is 11.2. The van der Waals surface area contributed by atoms with Crippen LogP contribution in [-0.2, 0) is 0 Å². The Morgan fingerprint density at radius 1 is 0.933 bits per heavy atom. The van der Waals surface area contributed by atoms with Gasteiger partial charge in [-0.1, -0.05) is 14.4 Å². The summed E-state index contributed by atoms with van der Waals surface area (Å²) in [6.45, 7) is -2.75. The molecule has 1 atom stereocenters. The molecular weight excluding hydrogens is 236 g/mol. The summed E-state index contributed by atoms with van der Waals surface area (Å²) in [6, 6.07) is 0. The van der Waals surface area contributed by atoms with Crippen LogP contribution in [0.5, 0.6) is 0 Å². The molecule has 1 unspecified atom stereocenters. The quantitative estimate of drug-likeness (QED) is 0.606. The molecule has 0 aliphatic rings. The fourth-order valence-electron chi connectivity index (χ4n) is 0.0875. The number of alkyl halides is 8. The van der Waals surface area contributed by atoms with Crippen molar-refractivity contribution in [1.29, 1.82) is 0 Å². The lowest BCUT2D eigenvalue weighted by atomic mass is 10.2. The van der Waals surface area contributed by atoms with Crippen LogP contribution in [0.25, 0.3) is 0 Å². The van der Waals surface area contributed by atoms with Crippen LogP contribution in [0.2, 0.25) is 0 Å². The maximum Gasteiger partial charge on any atom is 0.416 e. The summed E-state index contributed by atoms with van der Waals surface area (Å²) >= 11 is 0. The first-order valence-electron chi connectivity index (χ1n) is 3.30. The molecule has 0 aromatic carbocycles. The highest BCUT2D eigenvalue weighted by atomic mass is 19.4. The predicted octanol–water partition coefficient (Wildman–Crippen LogP) is 4.31. The van der Waals surface area contributed by atoms with E-state index in [1.165, 1.54) is 0 Å². The van der Waals surface area contributed by atoms with Crippen molar-refractivity contribution in [2.45, 2.75) is 26.7 Å². The van der Waals surface area contributed by atoms with Crippen LogP contribution in [0.3, 0.4) is 0 Å². The summed E-state index contributed by atoms with van der Waals surface area (Å²) in [5, 5.41) is 0. The molecule has 0 fully saturated rings. The fourth-order valence-corrected chi connectivity index (χ4v) is 0.0875. The third-order valence-electron chi connectivity index (χ3n) is 0.942. The third-order valence-corrected chi connectivity index (χ3v) is 0.942. The monoisotopic (exact) mass is 248 g/mol. The first-order valence-corrected chi connectivity index (χ1v) is 3.30. The normalized spacial score (nSPS) is 13.4. The molecule has 0 aliphatic carbocycles. The van der Waals surface area contributed by atoms with Crippen molar-refractivity contribution in [2.75, 3.05) is 13.3 Å². The van der Waals surface area contributed by atoms with Gasteiger partial charge in [0.05, 0.1) is 5.92 Å². The lowest BCUT2D eigenvalue weighted by molar-refractivity contribution is -0.172. The highest BCUT2D eigenvalue weighted by Gasteiger charge is 2.35. The van der Waals surface area contributed by atoms with Gasteiger partial charge in [0.2, 0.25) is 0 Å². The Balaban J connectivity index is -0.000000187. The molecule has 0 amide bonds. The third kappa shape index (κ3) is 16.1. The molecule has 0 aromatic heterocycles. The largest absolute Gasteiger partial charge is 0.416 e. The SMILES string of the molecule is C.CC(CF)C(F)(F)F.FCC(F)(F)F. The van der Waals surface area contributed by atoms with Gasteiger partial charge in [-0.05, 0) is 0 Å². The molecule has 8 heteroatoms. The zero-order valence-electron chi connectivity index (χ0n) is 7.02. The predicted molar refractivity (Wildman–Crippen MR) is 40.0 cm³/mol. The standard InChI is InChI=1S/C4H6F4.C2H2F4.CH4/c1-3(2-5)4(6,7)8;3-1-2(4,5)6;/h3H,2H2,1H3;1H2;1H4. The lowest BCUT2D eigenvalue weighted by Gasteiger charge is -2.09. The van der Waals surface area contributed by atoms with E-state index in [0.29, 0.717) is 0 Å². The van der Waals surface area contributed by atoms with Gasteiger partial charge < -0.3 is 0 Å². The molecule has 0 rings (SSSR count). The molecule has 15 heavy (non-hydrogen) atoms. The molecule has 0 aliphatic heterocycles. The van der Waals surface area contributed by atoms with E-state index in [4.69, 9.17) is 0 Å². The average molecular weight is 248 g/mol. The maximum absolute atomic E-state index is 11.2. The van der Waals surface area contributed by atoms with Gasteiger partial charge in [0, 0.05) is 0 Å². The van der Waals surface area contributed by atoms with Crippen molar-refractivity contribution < 1.29 is 35.1 Å². The van der Waals surface area contributed by atoms with Gasteiger partial charge in [0.25, 0.3) is 0 Å². The summed E-state index contributed by atoms with van der Waals surface area (Å²) in [4.78, 5) is 0. The van der Waals surface area contributed by atoms with Crippen LogP contribution in [0.4, 0.5) is 35.1 Å². The van der Waals surface area contributed by atoms with Crippen LogP contribution in [0.15, 0.2) is 0 Å². The molecule has 0 N–H and O–H groups in total. The Hall–Kier alpha value is -0.560. The zero-order valence-corrected chi connectivity index (χ0v) is 7.02. The van der Waals surface area contributed by atoms with E-state index in [-0.39, 0.29) is 7.43 Å². The van der Waals surface area contributed by atoms with Gasteiger partial charge in [-0.3, -0.25) is 4.39 Å². The summed E-state index contributed by atoms with van der Waals surface area (Å²) in [7, 11) is 0. The minimum Gasteiger partial charge on any atom is -0.250 e. The summed E-state index contributed by atoms with van der Waals surface area (Å²) in [5.41, 5.74) is 0. The average Bonchev–Trinajstić information content (AvgIpc) is 2.01. The van der Waals surface area contributed by atoms with Crippen LogP contribution < -0.4 is 0 Å². The summed E-state index contributed by atoms with van der Waals surface area (Å²) in [5.74, 6) is -1.82. The Labute approximate surface area is 82.3 Å². The van der Waals surface area contributed by atoms with E-state index < -0.39 is 31.6 Å². The second-order valence-electron chi connectivity index (χ2n) is 2.35. The van der Waals surface area contributed by atoms with Crippen molar-refractivity contribution in [2.24, 2.45) is 5.92 Å². The van der Waals surface area contributed by atoms with Gasteiger partial charge in [-0.25, -0.2) is 4.39 Å². The molecule has 96 valence electrons. The molecule has 0 nitrogen and oxygen atoms in total. The van der Waals surface area contributed by atoms with Crippen molar-refractivity contribution >= 4 is 0 Å². The van der Waals surface area contributed by atoms with Crippen LogP contribution in [-0.4, -0.2) is 25.7 Å². The van der Waals surface area contributed by atoms with Gasteiger partial charge in [-0.2, -0.15) is 26.3 Å². The van der Waals surface area contributed by atoms with Crippen molar-refractivity contribution in [3.05, 3.63) is 0 Å². The van der Waals surface area contributed by atoms with Crippen molar-refractivity contribution in [3.63, 3.8) is 0 Å². The van der Waals surface area contributed by atoms with Crippen molar-refractivity contribution in [1.82, 2.24) is 0 Å². The van der Waals surface area contributed by atoms with E-state index in [1.807, 2.05) is 0 Å². The van der Waals surface area contributed by atoms with E-state index in [0.717, 1.165) is 6.92 Å². The topological polar surface area (TPSA) is 0 Å². The Morgan fingerprint density at radius 2 is 1.20 bits per heavy atom. The van der Waals surface area contributed by atoms with E-state index in [1.54, 1.807) is 0 Å². The van der Waals surface area contributed by atoms with Crippen molar-refractivity contribution in [3.8, 4) is 0 Å². The second-order valence-corrected chi connectivity index (χ2v) is 2.35. The summed E-state index contributed by atoms with van der Waals surface area (Å²) in [6.07, 6.45) is -8.99. The molecule has 0 bridgehead atoms. The molecular formula is C7H12F8. The van der Waals surface area contributed by atoms with Crippen LogP contribution in [0, 0.1) is 5.92 Å². The van der Waals surface area contributed by atoms with Gasteiger partial charge >= 0.3 is 12.4 Å². The van der Waals surface area contributed by atoms with Gasteiger partial charge in [-0.15, -0.1) is 0 Å². The Bertz CT molecular complexity index is 135. The van der Waals surface area contributed by atoms with Gasteiger partial charge in [0.1, 0.15) is 6.67 Å². The first-order chi connectivity index (χ1) is 6.04. The molecule has 0 saturated carbocycles. The highest BCUT2D eigenvalue weighted by molar-refractivity contribution is 4.58. The first kappa shape index (κ1) is 19.9. The molecule has 0 radical (unpaired) electrons. The second kappa shape index (κ2) is 7.70. The lowest BCUT2D eigenvalue weighted by Crippen LogP contribution is -2.21. The fraction of sp³-hybridized carbons (Fsp3) is 1.00. The highest BCUT2D eigenvalue weighted by Crippen LogP contribution is 2.25. The minimum atomic E-state index is -4.62. The number of hydrogen-bond donors (Lipinski definition) is 0. The molecule has 0 aromatic rings. The molecule has 0 heterocycles. The number of halogens is 8. The van der Waals surface area contributed by atoms with E-state index in [9.17, 15) is 35.1 Å².